The van der Waals surface area contributed by atoms with E-state index in [0.717, 1.165) is 11.8 Å². The van der Waals surface area contributed by atoms with Gasteiger partial charge in [0.25, 0.3) is 0 Å². The third-order valence-electron chi connectivity index (χ3n) is 2.44. The van der Waals surface area contributed by atoms with Gasteiger partial charge in [-0.1, -0.05) is 18.7 Å². The van der Waals surface area contributed by atoms with Crippen molar-refractivity contribution in [3.63, 3.8) is 0 Å². The first kappa shape index (κ1) is 14.4. The van der Waals surface area contributed by atoms with E-state index in [1.54, 1.807) is 11.8 Å². The molecule has 1 rings (SSSR count). The SMILES string of the molecule is CC(=O)SCC(C)C(=O)N1CC[S+](C(=O)O)C1. The van der Waals surface area contributed by atoms with Crippen molar-refractivity contribution < 1.29 is 19.5 Å². The molecule has 0 radical (unpaired) electrons. The molecule has 0 bridgehead atoms. The second-order valence-electron chi connectivity index (χ2n) is 3.90. The molecule has 1 aliphatic rings. The fourth-order valence-electron chi connectivity index (χ4n) is 1.48. The van der Waals surface area contributed by atoms with Gasteiger partial charge in [0.1, 0.15) is 16.6 Å². The summed E-state index contributed by atoms with van der Waals surface area (Å²) in [4.78, 5) is 35.1. The number of carbonyl (C=O) groups is 3. The molecule has 0 aliphatic carbocycles. The van der Waals surface area contributed by atoms with Crippen molar-refractivity contribution in [2.24, 2.45) is 5.92 Å². The van der Waals surface area contributed by atoms with Crippen molar-refractivity contribution in [1.29, 1.82) is 0 Å². The van der Waals surface area contributed by atoms with Crippen LogP contribution in [-0.2, 0) is 20.5 Å². The molecule has 17 heavy (non-hydrogen) atoms. The summed E-state index contributed by atoms with van der Waals surface area (Å²) in [6.45, 7) is 3.76. The van der Waals surface area contributed by atoms with E-state index in [1.165, 1.54) is 6.92 Å². The van der Waals surface area contributed by atoms with Crippen molar-refractivity contribution in [1.82, 2.24) is 4.90 Å². The van der Waals surface area contributed by atoms with Crippen molar-refractivity contribution >= 4 is 39.0 Å². The minimum Gasteiger partial charge on any atom is -0.441 e. The lowest BCUT2D eigenvalue weighted by molar-refractivity contribution is -0.132. The van der Waals surface area contributed by atoms with E-state index in [-0.39, 0.29) is 16.9 Å². The highest BCUT2D eigenvalue weighted by atomic mass is 32.2. The van der Waals surface area contributed by atoms with E-state index >= 15 is 0 Å². The van der Waals surface area contributed by atoms with E-state index in [0.29, 0.717) is 23.9 Å². The molecule has 1 fully saturated rings. The Morgan fingerprint density at radius 2 is 2.12 bits per heavy atom. The van der Waals surface area contributed by atoms with Gasteiger partial charge in [-0.3, -0.25) is 14.5 Å². The Morgan fingerprint density at radius 3 is 2.59 bits per heavy atom. The van der Waals surface area contributed by atoms with Gasteiger partial charge in [0, 0.05) is 18.6 Å². The lowest BCUT2D eigenvalue weighted by atomic mass is 10.2. The molecule has 5 nitrogen and oxygen atoms in total. The van der Waals surface area contributed by atoms with E-state index in [4.69, 9.17) is 5.11 Å². The molecule has 96 valence electrons. The standard InChI is InChI=1S/C10H15NO4S2/c1-7(5-16-8(2)12)9(13)11-3-4-17(6-11)10(14)15/h7H,3-6H2,1-2H3/p+1. The minimum absolute atomic E-state index is 0.00337. The Balaban J connectivity index is 2.43. The summed E-state index contributed by atoms with van der Waals surface area (Å²) < 4.78 is 0. The molecule has 1 amide bonds. The lowest BCUT2D eigenvalue weighted by Crippen LogP contribution is -2.35. The van der Waals surface area contributed by atoms with Crippen LogP contribution in [0.1, 0.15) is 13.8 Å². The summed E-state index contributed by atoms with van der Waals surface area (Å²) in [5, 5.41) is 8.04. The normalized spacial score (nSPS) is 21.3. The molecule has 0 aromatic heterocycles. The average Bonchev–Trinajstić information content (AvgIpc) is 2.73. The Hall–Kier alpha value is -0.690. The van der Waals surface area contributed by atoms with Crippen molar-refractivity contribution in [2.45, 2.75) is 13.8 Å². The second-order valence-corrected chi connectivity index (χ2v) is 7.10. The quantitative estimate of drug-likeness (QED) is 0.779. The third-order valence-corrected chi connectivity index (χ3v) is 5.30. The predicted octanol–water partition coefficient (Wildman–Crippen LogP) is 0.998. The summed E-state index contributed by atoms with van der Waals surface area (Å²) in [5.41, 5.74) is 0. The van der Waals surface area contributed by atoms with Crippen LogP contribution in [0.15, 0.2) is 0 Å². The summed E-state index contributed by atoms with van der Waals surface area (Å²) in [6, 6.07) is 0. The van der Waals surface area contributed by atoms with E-state index in [2.05, 4.69) is 0 Å². The second kappa shape index (κ2) is 6.30. The Morgan fingerprint density at radius 1 is 1.47 bits per heavy atom. The zero-order valence-electron chi connectivity index (χ0n) is 9.84. The van der Waals surface area contributed by atoms with Gasteiger partial charge in [-0.05, 0) is 0 Å². The van der Waals surface area contributed by atoms with Gasteiger partial charge in [-0.2, -0.15) is 4.79 Å². The average molecular weight is 278 g/mol. The van der Waals surface area contributed by atoms with Crippen LogP contribution in [0.4, 0.5) is 4.79 Å². The van der Waals surface area contributed by atoms with Crippen LogP contribution in [0.3, 0.4) is 0 Å². The Bertz CT molecular complexity index is 334. The molecule has 2 unspecified atom stereocenters. The Kier molecular flexibility index (Phi) is 5.32. The number of carboxylic acid groups (broad SMARTS) is 1. The predicted molar refractivity (Wildman–Crippen MR) is 69.1 cm³/mol. The highest BCUT2D eigenvalue weighted by molar-refractivity contribution is 8.13. The Labute approximate surface area is 107 Å². The van der Waals surface area contributed by atoms with Crippen LogP contribution < -0.4 is 0 Å². The van der Waals surface area contributed by atoms with Gasteiger partial charge < -0.3 is 5.11 Å². The largest absolute Gasteiger partial charge is 0.524 e. The number of amides is 1. The first-order valence-electron chi connectivity index (χ1n) is 5.24. The fourth-order valence-corrected chi connectivity index (χ4v) is 3.59. The number of nitrogens with zero attached hydrogens (tertiary/aromatic N) is 1. The maximum atomic E-state index is 11.9. The molecule has 0 saturated carbocycles. The number of carbonyl (C=O) groups excluding carboxylic acids is 2. The van der Waals surface area contributed by atoms with Crippen LogP contribution in [0.2, 0.25) is 0 Å². The maximum absolute atomic E-state index is 11.9. The molecule has 1 saturated heterocycles. The fraction of sp³-hybridized carbons (Fsp3) is 0.700. The third kappa shape index (κ3) is 4.23. The summed E-state index contributed by atoms with van der Waals surface area (Å²) in [6.07, 6.45) is 0. The lowest BCUT2D eigenvalue weighted by Gasteiger charge is -2.16. The maximum Gasteiger partial charge on any atom is 0.524 e. The van der Waals surface area contributed by atoms with E-state index in [9.17, 15) is 14.4 Å². The van der Waals surface area contributed by atoms with Crippen LogP contribution in [-0.4, -0.2) is 50.3 Å². The molecule has 0 aromatic rings. The highest BCUT2D eigenvalue weighted by Crippen LogP contribution is 2.17. The smallest absolute Gasteiger partial charge is 0.441 e. The number of rotatable bonds is 3. The van der Waals surface area contributed by atoms with E-state index in [1.807, 2.05) is 0 Å². The number of hydrogen-bond donors (Lipinski definition) is 1. The van der Waals surface area contributed by atoms with Gasteiger partial charge in [-0.25, -0.2) is 0 Å². The van der Waals surface area contributed by atoms with Gasteiger partial charge >= 0.3 is 5.30 Å². The zero-order valence-corrected chi connectivity index (χ0v) is 11.5. The van der Waals surface area contributed by atoms with Gasteiger partial charge in [0.2, 0.25) is 5.91 Å². The van der Waals surface area contributed by atoms with Gasteiger partial charge in [0.05, 0.1) is 6.54 Å². The molecular formula is C10H16NO4S2+. The van der Waals surface area contributed by atoms with Crippen molar-refractivity contribution in [3.05, 3.63) is 0 Å². The molecule has 0 spiro atoms. The number of hydrogen-bond acceptors (Lipinski definition) is 4. The summed E-state index contributed by atoms with van der Waals surface area (Å²) >= 11 is 1.13. The van der Waals surface area contributed by atoms with Gasteiger partial charge in [0.15, 0.2) is 11.0 Å². The molecule has 1 N–H and O–H groups in total. The first-order chi connectivity index (χ1) is 7.91. The molecule has 7 heteroatoms. The number of thioether (sulfide) groups is 1. The van der Waals surface area contributed by atoms with Crippen LogP contribution >= 0.6 is 11.8 Å². The van der Waals surface area contributed by atoms with Crippen LogP contribution in [0.5, 0.6) is 0 Å². The van der Waals surface area contributed by atoms with Gasteiger partial charge in [-0.15, -0.1) is 0 Å². The zero-order chi connectivity index (χ0) is 13.0. The van der Waals surface area contributed by atoms with Crippen molar-refractivity contribution in [3.8, 4) is 0 Å². The first-order valence-corrected chi connectivity index (χ1v) is 7.79. The van der Waals surface area contributed by atoms with Crippen LogP contribution in [0.25, 0.3) is 0 Å². The van der Waals surface area contributed by atoms with E-state index < -0.39 is 16.2 Å². The summed E-state index contributed by atoms with van der Waals surface area (Å²) in [5.74, 6) is 1.05. The molecule has 1 aliphatic heterocycles. The topological polar surface area (TPSA) is 74.7 Å². The molecule has 1 heterocycles. The summed E-state index contributed by atoms with van der Waals surface area (Å²) in [7, 11) is -0.711. The van der Waals surface area contributed by atoms with Crippen molar-refractivity contribution in [2.75, 3.05) is 23.9 Å². The minimum atomic E-state index is -0.814. The highest BCUT2D eigenvalue weighted by Gasteiger charge is 2.41. The molecule has 2 atom stereocenters. The monoisotopic (exact) mass is 278 g/mol. The van der Waals surface area contributed by atoms with Crippen LogP contribution in [0, 0.1) is 5.92 Å². The molecule has 0 aromatic carbocycles. The molecular weight excluding hydrogens is 262 g/mol.